The monoisotopic (exact) mass is 303 g/mol. The largest absolute Gasteiger partial charge is 0.463 e. The highest BCUT2D eigenvalue weighted by atomic mass is 16.3. The van der Waals surface area contributed by atoms with E-state index in [2.05, 4.69) is 10.3 Å². The van der Waals surface area contributed by atoms with Gasteiger partial charge in [-0.05, 0) is 36.4 Å². The van der Waals surface area contributed by atoms with Crippen molar-refractivity contribution in [3.63, 3.8) is 0 Å². The van der Waals surface area contributed by atoms with Crippen LogP contribution in [0.25, 0.3) is 17.1 Å². The molecule has 0 aliphatic rings. The van der Waals surface area contributed by atoms with Crippen LogP contribution in [-0.2, 0) is 0 Å². The molecule has 1 amide bonds. The normalized spacial score (nSPS) is 10.8. The predicted molar refractivity (Wildman–Crippen MR) is 87.3 cm³/mol. The van der Waals surface area contributed by atoms with E-state index in [1.807, 2.05) is 54.7 Å². The van der Waals surface area contributed by atoms with E-state index >= 15 is 0 Å². The molecule has 0 aliphatic heterocycles. The number of aromatic nitrogens is 2. The maximum Gasteiger partial charge on any atom is 0.275 e. The Morgan fingerprint density at radius 3 is 2.61 bits per heavy atom. The van der Waals surface area contributed by atoms with Gasteiger partial charge in [0.25, 0.3) is 5.91 Å². The summed E-state index contributed by atoms with van der Waals surface area (Å²) in [7, 11) is 0. The lowest BCUT2D eigenvalue weighted by Crippen LogP contribution is -2.15. The van der Waals surface area contributed by atoms with Crippen molar-refractivity contribution < 1.29 is 9.21 Å². The number of nitrogens with one attached hydrogen (secondary N) is 1. The highest BCUT2D eigenvalue weighted by Crippen LogP contribution is 2.25. The van der Waals surface area contributed by atoms with Gasteiger partial charge < -0.3 is 9.73 Å². The van der Waals surface area contributed by atoms with Crippen LogP contribution in [0.15, 0.2) is 77.5 Å². The fourth-order valence-electron chi connectivity index (χ4n) is 2.51. The Labute approximate surface area is 132 Å². The van der Waals surface area contributed by atoms with Crippen LogP contribution in [0.5, 0.6) is 0 Å². The third kappa shape index (κ3) is 2.38. The summed E-state index contributed by atoms with van der Waals surface area (Å²) in [6, 6.07) is 18.5. The van der Waals surface area contributed by atoms with Gasteiger partial charge in [0, 0.05) is 11.9 Å². The first-order chi connectivity index (χ1) is 11.3. The number of nitrogens with zero attached hydrogens (tertiary/aromatic N) is 2. The van der Waals surface area contributed by atoms with Gasteiger partial charge in [-0.25, -0.2) is 4.98 Å². The molecule has 23 heavy (non-hydrogen) atoms. The van der Waals surface area contributed by atoms with Crippen molar-refractivity contribution in [1.29, 1.82) is 0 Å². The van der Waals surface area contributed by atoms with E-state index in [-0.39, 0.29) is 5.91 Å². The molecular formula is C18H13N3O2. The van der Waals surface area contributed by atoms with Gasteiger partial charge in [-0.3, -0.25) is 9.20 Å². The molecular weight excluding hydrogens is 290 g/mol. The van der Waals surface area contributed by atoms with Crippen LogP contribution in [0.3, 0.4) is 0 Å². The number of hydrogen-bond donors (Lipinski definition) is 1. The summed E-state index contributed by atoms with van der Waals surface area (Å²) in [5, 5.41) is 2.90. The van der Waals surface area contributed by atoms with Gasteiger partial charge in [0.2, 0.25) is 0 Å². The molecule has 0 radical (unpaired) electrons. The highest BCUT2D eigenvalue weighted by Gasteiger charge is 2.22. The molecule has 3 heterocycles. The molecule has 0 spiro atoms. The van der Waals surface area contributed by atoms with Crippen LogP contribution in [0.1, 0.15) is 10.5 Å². The minimum Gasteiger partial charge on any atom is -0.463 e. The van der Waals surface area contributed by atoms with Gasteiger partial charge in [-0.15, -0.1) is 0 Å². The topological polar surface area (TPSA) is 59.5 Å². The van der Waals surface area contributed by atoms with Crippen LogP contribution < -0.4 is 5.32 Å². The van der Waals surface area contributed by atoms with Crippen LogP contribution in [0, 0.1) is 0 Å². The lowest BCUT2D eigenvalue weighted by Gasteiger charge is -2.06. The van der Waals surface area contributed by atoms with Gasteiger partial charge in [-0.1, -0.05) is 24.3 Å². The molecule has 4 rings (SSSR count). The lowest BCUT2D eigenvalue weighted by atomic mass is 10.2. The molecule has 0 saturated carbocycles. The minimum absolute atomic E-state index is 0.235. The molecule has 5 heteroatoms. The van der Waals surface area contributed by atoms with Gasteiger partial charge in [-0.2, -0.15) is 0 Å². The quantitative estimate of drug-likeness (QED) is 0.625. The van der Waals surface area contributed by atoms with Gasteiger partial charge >= 0.3 is 0 Å². The zero-order valence-electron chi connectivity index (χ0n) is 12.1. The summed E-state index contributed by atoms with van der Waals surface area (Å²) in [4.78, 5) is 17.3. The Bertz CT molecular complexity index is 957. The van der Waals surface area contributed by atoms with E-state index < -0.39 is 0 Å². The van der Waals surface area contributed by atoms with E-state index in [4.69, 9.17) is 4.42 Å². The second-order valence-corrected chi connectivity index (χ2v) is 5.04. The molecule has 0 bridgehead atoms. The van der Waals surface area contributed by atoms with Crippen molar-refractivity contribution >= 4 is 17.2 Å². The average Bonchev–Trinajstić information content (AvgIpc) is 3.23. The molecule has 5 nitrogen and oxygen atoms in total. The number of imidazole rings is 1. The van der Waals surface area contributed by atoms with Crippen LogP contribution >= 0.6 is 0 Å². The Balaban J connectivity index is 1.84. The number of benzene rings is 1. The number of hydrogen-bond acceptors (Lipinski definition) is 3. The van der Waals surface area contributed by atoms with Crippen LogP contribution in [0.2, 0.25) is 0 Å². The van der Waals surface area contributed by atoms with Crippen molar-refractivity contribution in [1.82, 2.24) is 9.38 Å². The molecule has 3 aromatic heterocycles. The third-order valence-electron chi connectivity index (χ3n) is 3.53. The summed E-state index contributed by atoms with van der Waals surface area (Å²) in [5.41, 5.74) is 2.39. The van der Waals surface area contributed by atoms with Gasteiger partial charge in [0.1, 0.15) is 17.0 Å². The number of anilines is 1. The fourth-order valence-corrected chi connectivity index (χ4v) is 2.51. The van der Waals surface area contributed by atoms with Gasteiger partial charge in [0.15, 0.2) is 5.76 Å². The molecule has 0 fully saturated rings. The number of rotatable bonds is 3. The summed E-state index contributed by atoms with van der Waals surface area (Å²) in [6.07, 6.45) is 3.38. The first-order valence-electron chi connectivity index (χ1n) is 7.20. The lowest BCUT2D eigenvalue weighted by molar-refractivity contribution is 0.102. The molecule has 0 atom stereocenters. The van der Waals surface area contributed by atoms with Crippen molar-refractivity contribution in [3.8, 4) is 11.5 Å². The van der Waals surface area contributed by atoms with E-state index in [1.54, 1.807) is 22.8 Å². The van der Waals surface area contributed by atoms with Crippen LogP contribution in [-0.4, -0.2) is 15.3 Å². The minimum atomic E-state index is -0.235. The van der Waals surface area contributed by atoms with E-state index in [1.165, 1.54) is 0 Å². The summed E-state index contributed by atoms with van der Waals surface area (Å²) in [5.74, 6) is 0.327. The molecule has 1 N–H and O–H groups in total. The van der Waals surface area contributed by atoms with Crippen molar-refractivity contribution in [3.05, 3.63) is 78.8 Å². The summed E-state index contributed by atoms with van der Waals surface area (Å²) >= 11 is 0. The third-order valence-corrected chi connectivity index (χ3v) is 3.53. The first kappa shape index (κ1) is 13.3. The molecule has 112 valence electrons. The number of furan rings is 1. The Morgan fingerprint density at radius 2 is 1.83 bits per heavy atom. The number of carbonyl (C=O) groups is 1. The zero-order chi connectivity index (χ0) is 15.6. The van der Waals surface area contributed by atoms with E-state index in [0.29, 0.717) is 22.8 Å². The summed E-state index contributed by atoms with van der Waals surface area (Å²) < 4.78 is 7.19. The predicted octanol–water partition coefficient (Wildman–Crippen LogP) is 3.85. The first-order valence-corrected chi connectivity index (χ1v) is 7.20. The van der Waals surface area contributed by atoms with Crippen molar-refractivity contribution in [2.24, 2.45) is 0 Å². The maximum absolute atomic E-state index is 12.8. The molecule has 0 aliphatic carbocycles. The number of carbonyl (C=O) groups excluding carboxylic acids is 1. The second-order valence-electron chi connectivity index (χ2n) is 5.04. The SMILES string of the molecule is O=C(Nc1ccccc1)c1c(-c2ccco2)nc2ccccn12. The van der Waals surface area contributed by atoms with E-state index in [9.17, 15) is 4.79 Å². The Morgan fingerprint density at radius 1 is 1.00 bits per heavy atom. The fraction of sp³-hybridized carbons (Fsp3) is 0. The van der Waals surface area contributed by atoms with Crippen molar-refractivity contribution in [2.75, 3.05) is 5.32 Å². The molecule has 1 aromatic carbocycles. The summed E-state index contributed by atoms with van der Waals surface area (Å²) in [6.45, 7) is 0. The number of para-hydroxylation sites is 1. The van der Waals surface area contributed by atoms with Crippen molar-refractivity contribution in [2.45, 2.75) is 0 Å². The van der Waals surface area contributed by atoms with Gasteiger partial charge in [0.05, 0.1) is 6.26 Å². The maximum atomic E-state index is 12.8. The smallest absolute Gasteiger partial charge is 0.275 e. The second kappa shape index (κ2) is 5.46. The number of fused-ring (bicyclic) bond motifs is 1. The van der Waals surface area contributed by atoms with E-state index in [0.717, 1.165) is 5.69 Å². The molecule has 0 unspecified atom stereocenters. The number of amides is 1. The molecule has 4 aromatic rings. The molecule has 0 saturated heterocycles. The zero-order valence-corrected chi connectivity index (χ0v) is 12.1. The van der Waals surface area contributed by atoms with Crippen LogP contribution in [0.4, 0.5) is 5.69 Å². The standard InChI is InChI=1S/C18H13N3O2/c22-18(19-13-7-2-1-3-8-13)17-16(14-9-6-12-23-14)20-15-10-4-5-11-21(15)17/h1-12H,(H,19,22). The Hall–Kier alpha value is -3.34. The highest BCUT2D eigenvalue weighted by molar-refractivity contribution is 6.07. The Kier molecular flexibility index (Phi) is 3.16. The number of pyridine rings is 1. The average molecular weight is 303 g/mol.